The maximum absolute atomic E-state index is 13.6. The first-order chi connectivity index (χ1) is 18.6. The number of carbonyl (C=O) groups is 1. The molecule has 0 bridgehead atoms. The zero-order chi connectivity index (χ0) is 26.3. The van der Waals surface area contributed by atoms with Crippen molar-refractivity contribution in [2.24, 2.45) is 0 Å². The average Bonchev–Trinajstić information content (AvgIpc) is 3.53. The lowest BCUT2D eigenvalue weighted by Gasteiger charge is -2.22. The molecule has 3 heterocycles. The first-order valence-electron chi connectivity index (χ1n) is 13.3. The minimum atomic E-state index is -0.357. The Morgan fingerprint density at radius 1 is 1.03 bits per heavy atom. The normalized spacial score (nSPS) is 14.2. The maximum Gasteiger partial charge on any atom is 0.331 e. The highest BCUT2D eigenvalue weighted by Crippen LogP contribution is 2.27. The summed E-state index contributed by atoms with van der Waals surface area (Å²) in [6.07, 6.45) is 5.18. The Hall–Kier alpha value is -3.69. The third kappa shape index (κ3) is 6.06. The number of methoxy groups -OCH3 is 1. The largest absolute Gasteiger partial charge is 0.467 e. The minimum Gasteiger partial charge on any atom is -0.467 e. The van der Waals surface area contributed by atoms with E-state index in [1.807, 2.05) is 24.3 Å². The van der Waals surface area contributed by atoms with Crippen molar-refractivity contribution in [2.45, 2.75) is 44.4 Å². The minimum absolute atomic E-state index is 0.00794. The van der Waals surface area contributed by atoms with Gasteiger partial charge in [0.05, 0.1) is 18.1 Å². The quantitative estimate of drug-likeness (QED) is 0.208. The molecule has 4 aromatic rings. The van der Waals surface area contributed by atoms with Gasteiger partial charge in [0.2, 0.25) is 5.95 Å². The van der Waals surface area contributed by atoms with Gasteiger partial charge in [0, 0.05) is 23.8 Å². The number of aryl methyl sites for hydroxylation is 2. The second kappa shape index (κ2) is 12.2. The fourth-order valence-corrected chi connectivity index (χ4v) is 5.11. The molecule has 5 rings (SSSR count). The SMILES string of the molecule is COC(=O)COCCCc1ccc(CCc2c(C3CCNCC3)[nH]n(-c3nc4ccccc4[nH]3)c2=O)cc1. The van der Waals surface area contributed by atoms with Crippen molar-refractivity contribution >= 4 is 17.0 Å². The van der Waals surface area contributed by atoms with Crippen LogP contribution < -0.4 is 10.9 Å². The summed E-state index contributed by atoms with van der Waals surface area (Å²) in [5.41, 5.74) is 6.03. The summed E-state index contributed by atoms with van der Waals surface area (Å²) >= 11 is 0. The van der Waals surface area contributed by atoms with Crippen molar-refractivity contribution in [3.05, 3.63) is 81.3 Å². The molecule has 1 fully saturated rings. The monoisotopic (exact) mass is 517 g/mol. The molecule has 2 aromatic heterocycles. The first kappa shape index (κ1) is 25.9. The second-order valence-electron chi connectivity index (χ2n) is 9.80. The van der Waals surface area contributed by atoms with Crippen molar-refractivity contribution in [3.8, 4) is 5.95 Å². The number of imidazole rings is 1. The number of hydrogen-bond acceptors (Lipinski definition) is 6. The molecule has 9 nitrogen and oxygen atoms in total. The van der Waals surface area contributed by atoms with Crippen LogP contribution in [0.3, 0.4) is 0 Å². The number of nitrogens with one attached hydrogen (secondary N) is 3. The number of esters is 1. The van der Waals surface area contributed by atoms with E-state index in [1.54, 1.807) is 4.68 Å². The van der Waals surface area contributed by atoms with Crippen LogP contribution in [0.25, 0.3) is 17.0 Å². The predicted molar refractivity (Wildman–Crippen MR) is 146 cm³/mol. The third-order valence-electron chi connectivity index (χ3n) is 7.24. The molecule has 1 saturated heterocycles. The van der Waals surface area contributed by atoms with E-state index in [-0.39, 0.29) is 18.1 Å². The zero-order valence-electron chi connectivity index (χ0n) is 21.8. The van der Waals surface area contributed by atoms with E-state index in [2.05, 4.69) is 49.4 Å². The van der Waals surface area contributed by atoms with Crippen LogP contribution in [0.5, 0.6) is 0 Å². The summed E-state index contributed by atoms with van der Waals surface area (Å²) in [4.78, 5) is 32.7. The van der Waals surface area contributed by atoms with Crippen molar-refractivity contribution in [2.75, 3.05) is 33.4 Å². The summed E-state index contributed by atoms with van der Waals surface area (Å²) < 4.78 is 11.5. The Kier molecular flexibility index (Phi) is 8.35. The van der Waals surface area contributed by atoms with Crippen LogP contribution in [0.15, 0.2) is 53.3 Å². The number of aromatic nitrogens is 4. The average molecular weight is 518 g/mol. The summed E-state index contributed by atoms with van der Waals surface area (Å²) in [6.45, 7) is 2.42. The lowest BCUT2D eigenvalue weighted by atomic mass is 9.90. The van der Waals surface area contributed by atoms with Gasteiger partial charge in [0.25, 0.3) is 5.56 Å². The highest BCUT2D eigenvalue weighted by Gasteiger charge is 2.25. The predicted octanol–water partition coefficient (Wildman–Crippen LogP) is 3.42. The molecule has 3 N–H and O–H groups in total. The number of ether oxygens (including phenoxy) is 2. The summed E-state index contributed by atoms with van der Waals surface area (Å²) in [6, 6.07) is 16.3. The lowest BCUT2D eigenvalue weighted by Crippen LogP contribution is -2.27. The Morgan fingerprint density at radius 3 is 2.50 bits per heavy atom. The van der Waals surface area contributed by atoms with Gasteiger partial charge >= 0.3 is 5.97 Å². The molecule has 0 aliphatic carbocycles. The molecule has 0 atom stereocenters. The lowest BCUT2D eigenvalue weighted by molar-refractivity contribution is -0.145. The van der Waals surface area contributed by atoms with E-state index in [1.165, 1.54) is 18.2 Å². The van der Waals surface area contributed by atoms with E-state index < -0.39 is 0 Å². The number of hydrogen-bond donors (Lipinski definition) is 3. The molecule has 0 spiro atoms. The molecule has 0 radical (unpaired) electrons. The van der Waals surface area contributed by atoms with E-state index in [0.717, 1.165) is 67.5 Å². The van der Waals surface area contributed by atoms with Crippen molar-refractivity contribution < 1.29 is 14.3 Å². The van der Waals surface area contributed by atoms with Gasteiger partial charge in [0.15, 0.2) is 0 Å². The number of H-pyrrole nitrogens is 2. The van der Waals surface area contributed by atoms with Gasteiger partial charge in [-0.05, 0) is 74.9 Å². The fraction of sp³-hybridized carbons (Fsp3) is 0.414. The summed E-state index contributed by atoms with van der Waals surface area (Å²) in [5.74, 6) is 0.496. The molecule has 38 heavy (non-hydrogen) atoms. The first-order valence-corrected chi connectivity index (χ1v) is 13.3. The number of aromatic amines is 2. The third-order valence-corrected chi connectivity index (χ3v) is 7.24. The zero-order valence-corrected chi connectivity index (χ0v) is 21.8. The number of piperidine rings is 1. The highest BCUT2D eigenvalue weighted by atomic mass is 16.6. The molecule has 9 heteroatoms. The number of para-hydroxylation sites is 2. The van der Waals surface area contributed by atoms with Crippen LogP contribution >= 0.6 is 0 Å². The van der Waals surface area contributed by atoms with Gasteiger partial charge in [0.1, 0.15) is 6.61 Å². The Morgan fingerprint density at radius 2 is 1.76 bits per heavy atom. The van der Waals surface area contributed by atoms with Crippen LogP contribution in [-0.2, 0) is 33.5 Å². The van der Waals surface area contributed by atoms with Crippen LogP contribution in [0.2, 0.25) is 0 Å². The Balaban J connectivity index is 1.28. The van der Waals surface area contributed by atoms with Crippen LogP contribution in [0.4, 0.5) is 0 Å². The standard InChI is InChI=1S/C29H35N5O4/c1-37-26(35)19-38-18-4-5-20-8-10-21(11-9-20)12-13-23-27(22-14-16-30-17-15-22)33-34(28(23)36)29-31-24-6-2-3-7-25(24)32-29/h2-3,6-11,22,30,33H,4-5,12-19H2,1H3,(H,31,32). The number of benzene rings is 2. The fourth-order valence-electron chi connectivity index (χ4n) is 5.11. The molecular formula is C29H35N5O4. The van der Waals surface area contributed by atoms with E-state index >= 15 is 0 Å². The second-order valence-corrected chi connectivity index (χ2v) is 9.80. The number of fused-ring (bicyclic) bond motifs is 1. The molecule has 200 valence electrons. The topological polar surface area (TPSA) is 114 Å². The molecular weight excluding hydrogens is 482 g/mol. The van der Waals surface area contributed by atoms with E-state index in [4.69, 9.17) is 4.74 Å². The van der Waals surface area contributed by atoms with Gasteiger partial charge in [-0.15, -0.1) is 0 Å². The molecule has 2 aromatic carbocycles. The van der Waals surface area contributed by atoms with Crippen LogP contribution in [0.1, 0.15) is 47.6 Å². The van der Waals surface area contributed by atoms with E-state index in [9.17, 15) is 9.59 Å². The summed E-state index contributed by atoms with van der Waals surface area (Å²) in [5, 5.41) is 6.85. The molecule has 1 aliphatic rings. The molecule has 0 saturated carbocycles. The van der Waals surface area contributed by atoms with Crippen LogP contribution in [0, 0.1) is 0 Å². The smallest absolute Gasteiger partial charge is 0.331 e. The van der Waals surface area contributed by atoms with Gasteiger partial charge in [-0.2, -0.15) is 4.68 Å². The highest BCUT2D eigenvalue weighted by molar-refractivity contribution is 5.75. The summed E-state index contributed by atoms with van der Waals surface area (Å²) in [7, 11) is 1.36. The van der Waals surface area contributed by atoms with Gasteiger partial charge < -0.3 is 19.8 Å². The Labute approximate surface area is 221 Å². The number of rotatable bonds is 11. The molecule has 1 aliphatic heterocycles. The van der Waals surface area contributed by atoms with E-state index in [0.29, 0.717) is 24.9 Å². The van der Waals surface area contributed by atoms with Gasteiger partial charge in [-0.25, -0.2) is 9.78 Å². The number of carbonyl (C=O) groups excluding carboxylic acids is 1. The Bertz CT molecular complexity index is 1380. The van der Waals surface area contributed by atoms with Crippen molar-refractivity contribution in [1.82, 2.24) is 25.1 Å². The van der Waals surface area contributed by atoms with Gasteiger partial charge in [-0.3, -0.25) is 9.89 Å². The number of nitrogens with zero attached hydrogens (tertiary/aromatic N) is 2. The van der Waals surface area contributed by atoms with Crippen LogP contribution in [-0.4, -0.2) is 59.1 Å². The van der Waals surface area contributed by atoms with Gasteiger partial charge in [-0.1, -0.05) is 36.4 Å². The molecule has 0 amide bonds. The van der Waals surface area contributed by atoms with Crippen molar-refractivity contribution in [3.63, 3.8) is 0 Å². The maximum atomic E-state index is 13.6. The molecule has 0 unspecified atom stereocenters. The van der Waals surface area contributed by atoms with Crippen molar-refractivity contribution in [1.29, 1.82) is 0 Å².